The number of carbonyl (C=O) groups is 2. The van der Waals surface area contributed by atoms with Crippen LogP contribution in [0.4, 0.5) is 11.4 Å². The van der Waals surface area contributed by atoms with Crippen molar-refractivity contribution in [3.05, 3.63) is 71.4 Å². The van der Waals surface area contributed by atoms with Gasteiger partial charge >= 0.3 is 0 Å². The minimum absolute atomic E-state index is 0.0897. The third-order valence-electron chi connectivity index (χ3n) is 6.26. The third-order valence-corrected chi connectivity index (χ3v) is 6.85. The number of amides is 1. The topological polar surface area (TPSA) is 128 Å². The quantitative estimate of drug-likeness (QED) is 0.218. The fraction of sp³-hybridized carbons (Fsp3) is 0.276. The average Bonchev–Trinajstić information content (AvgIpc) is 3.35. The second-order valence-corrected chi connectivity index (χ2v) is 12.0. The summed E-state index contributed by atoms with van der Waals surface area (Å²) < 4.78 is 37.4. The summed E-state index contributed by atoms with van der Waals surface area (Å²) in [6.07, 6.45) is 1.74. The molecule has 9 nitrogen and oxygen atoms in total. The molecule has 10 heteroatoms. The van der Waals surface area contributed by atoms with Gasteiger partial charge in [0.1, 0.15) is 0 Å². The maximum absolute atomic E-state index is 13.5. The Labute approximate surface area is 227 Å². The Morgan fingerprint density at radius 2 is 1.67 bits per heavy atom. The molecule has 0 aliphatic rings. The second kappa shape index (κ2) is 10.5. The number of ketones is 1. The summed E-state index contributed by atoms with van der Waals surface area (Å²) in [5, 5.41) is 8.02. The highest BCUT2D eigenvalue weighted by molar-refractivity contribution is 7.92. The maximum Gasteiger partial charge on any atom is 0.296 e. The van der Waals surface area contributed by atoms with Crippen molar-refractivity contribution in [1.29, 1.82) is 0 Å². The van der Waals surface area contributed by atoms with E-state index in [2.05, 4.69) is 15.2 Å². The van der Waals surface area contributed by atoms with E-state index in [9.17, 15) is 18.0 Å². The van der Waals surface area contributed by atoms with Crippen molar-refractivity contribution in [2.45, 2.75) is 39.5 Å². The Balaban J connectivity index is 1.75. The van der Waals surface area contributed by atoms with Gasteiger partial charge in [-0.1, -0.05) is 57.1 Å². The van der Waals surface area contributed by atoms with Gasteiger partial charge in [0.05, 0.1) is 30.4 Å². The van der Waals surface area contributed by atoms with E-state index in [-0.39, 0.29) is 22.7 Å². The number of aromatic nitrogens is 1. The number of methoxy groups -OCH3 is 1. The minimum atomic E-state index is -3.65. The normalized spacial score (nSPS) is 11.8. The molecule has 0 atom stereocenters. The molecule has 0 bridgehead atoms. The van der Waals surface area contributed by atoms with Crippen molar-refractivity contribution in [3.8, 4) is 17.1 Å². The fourth-order valence-corrected chi connectivity index (χ4v) is 4.82. The largest absolute Gasteiger partial charge is 0.492 e. The van der Waals surface area contributed by atoms with Crippen LogP contribution in [0.1, 0.15) is 49.3 Å². The van der Waals surface area contributed by atoms with E-state index in [1.807, 2.05) is 45.9 Å². The van der Waals surface area contributed by atoms with Crippen LogP contribution in [-0.2, 0) is 26.7 Å². The molecule has 0 saturated heterocycles. The first-order valence-electron chi connectivity index (χ1n) is 12.4. The van der Waals surface area contributed by atoms with Gasteiger partial charge in [0, 0.05) is 17.2 Å². The number of fused-ring (bicyclic) bond motifs is 1. The first kappa shape index (κ1) is 27.8. The molecular weight excluding hydrogens is 518 g/mol. The van der Waals surface area contributed by atoms with Gasteiger partial charge < -0.3 is 14.6 Å². The summed E-state index contributed by atoms with van der Waals surface area (Å²) in [4.78, 5) is 26.8. The van der Waals surface area contributed by atoms with Gasteiger partial charge in [-0.2, -0.15) is 0 Å². The number of hydrogen-bond acceptors (Lipinski definition) is 7. The number of Topliss-reactive ketones (excluding diaryl/α,β-unsaturated/α-hetero) is 1. The lowest BCUT2D eigenvalue weighted by Gasteiger charge is -2.23. The molecule has 0 fully saturated rings. The molecular formula is C29H31N3O6S. The van der Waals surface area contributed by atoms with E-state index in [0.29, 0.717) is 11.1 Å². The standard InChI is InChI=1S/C29H31N3O6S/c1-7-18-16-25(38-31-18)21-12-13-22(20-11-9-8-10-19(20)21)26(33)28(34)30-23-14-17(29(2,3)4)15-24(27(23)37-5)32-39(6,35)36/h8-16,32H,7H2,1-6H3,(H,30,34). The van der Waals surface area contributed by atoms with Crippen molar-refractivity contribution >= 4 is 43.9 Å². The highest BCUT2D eigenvalue weighted by Gasteiger charge is 2.26. The number of rotatable bonds is 8. The lowest BCUT2D eigenvalue weighted by atomic mass is 9.86. The summed E-state index contributed by atoms with van der Waals surface area (Å²) in [6, 6.07) is 15.8. The zero-order valence-corrected chi connectivity index (χ0v) is 23.5. The van der Waals surface area contributed by atoms with Crippen molar-refractivity contribution in [1.82, 2.24) is 5.16 Å². The summed E-state index contributed by atoms with van der Waals surface area (Å²) >= 11 is 0. The van der Waals surface area contributed by atoms with Gasteiger partial charge in [-0.15, -0.1) is 0 Å². The number of anilines is 2. The zero-order valence-electron chi connectivity index (χ0n) is 22.7. The minimum Gasteiger partial charge on any atom is -0.492 e. The predicted octanol–water partition coefficient (Wildman–Crippen LogP) is 5.56. The molecule has 0 radical (unpaired) electrons. The molecule has 204 valence electrons. The van der Waals surface area contributed by atoms with Crippen molar-refractivity contribution in [3.63, 3.8) is 0 Å². The lowest BCUT2D eigenvalue weighted by Crippen LogP contribution is -2.24. The molecule has 3 aromatic carbocycles. The van der Waals surface area contributed by atoms with Crippen LogP contribution in [0.25, 0.3) is 22.1 Å². The van der Waals surface area contributed by atoms with Crippen LogP contribution in [-0.4, -0.2) is 38.6 Å². The third kappa shape index (κ3) is 5.96. The molecule has 0 aliphatic carbocycles. The fourth-order valence-electron chi connectivity index (χ4n) is 4.27. The summed E-state index contributed by atoms with van der Waals surface area (Å²) in [6.45, 7) is 7.82. The van der Waals surface area contributed by atoms with Crippen LogP contribution in [0, 0.1) is 0 Å². The molecule has 1 heterocycles. The summed E-state index contributed by atoms with van der Waals surface area (Å²) in [5.74, 6) is -0.992. The van der Waals surface area contributed by atoms with Gasteiger partial charge in [0.25, 0.3) is 11.7 Å². The number of carbonyl (C=O) groups excluding carboxylic acids is 2. The molecule has 39 heavy (non-hydrogen) atoms. The number of benzene rings is 3. The molecule has 4 rings (SSSR count). The molecule has 2 N–H and O–H groups in total. The summed E-state index contributed by atoms with van der Waals surface area (Å²) in [5.41, 5.74) is 2.44. The molecule has 1 aromatic heterocycles. The number of hydrogen-bond donors (Lipinski definition) is 2. The van der Waals surface area contributed by atoms with E-state index in [4.69, 9.17) is 9.26 Å². The molecule has 0 aliphatic heterocycles. The second-order valence-electron chi connectivity index (χ2n) is 10.3. The van der Waals surface area contributed by atoms with Crippen LogP contribution in [0.5, 0.6) is 5.75 Å². The Bertz CT molecular complexity index is 1680. The van der Waals surface area contributed by atoms with Gasteiger partial charge in [0.2, 0.25) is 10.0 Å². The molecule has 1 amide bonds. The van der Waals surface area contributed by atoms with Crippen molar-refractivity contribution in [2.75, 3.05) is 23.4 Å². The van der Waals surface area contributed by atoms with Crippen molar-refractivity contribution in [2.24, 2.45) is 0 Å². The predicted molar refractivity (Wildman–Crippen MR) is 152 cm³/mol. The monoisotopic (exact) mass is 549 g/mol. The SMILES string of the molecule is CCc1cc(-c2ccc(C(=O)C(=O)Nc3cc(C(C)(C)C)cc(NS(C)(=O)=O)c3OC)c3ccccc23)on1. The molecule has 0 saturated carbocycles. The Kier molecular flexibility index (Phi) is 7.52. The Morgan fingerprint density at radius 3 is 2.26 bits per heavy atom. The van der Waals surface area contributed by atoms with Crippen molar-refractivity contribution < 1.29 is 27.3 Å². The Morgan fingerprint density at radius 1 is 1.00 bits per heavy atom. The Hall–Kier alpha value is -4.18. The number of nitrogens with one attached hydrogen (secondary N) is 2. The highest BCUT2D eigenvalue weighted by Crippen LogP contribution is 2.39. The van der Waals surface area contributed by atoms with Crippen LogP contribution >= 0.6 is 0 Å². The molecule has 0 unspecified atom stereocenters. The van der Waals surface area contributed by atoms with Gasteiger partial charge in [-0.05, 0) is 52.4 Å². The highest BCUT2D eigenvalue weighted by atomic mass is 32.2. The smallest absolute Gasteiger partial charge is 0.296 e. The van der Waals surface area contributed by atoms with Crippen LogP contribution < -0.4 is 14.8 Å². The first-order valence-corrected chi connectivity index (χ1v) is 14.2. The average molecular weight is 550 g/mol. The van der Waals surface area contributed by atoms with E-state index >= 15 is 0 Å². The molecule has 0 spiro atoms. The van der Waals surface area contributed by atoms with E-state index in [0.717, 1.165) is 34.9 Å². The number of ether oxygens (including phenoxy) is 1. The van der Waals surface area contributed by atoms with Gasteiger partial charge in [-0.25, -0.2) is 8.42 Å². The number of aryl methyl sites for hydroxylation is 1. The number of nitrogens with zero attached hydrogens (tertiary/aromatic N) is 1. The van der Waals surface area contributed by atoms with E-state index in [1.165, 1.54) is 7.11 Å². The van der Waals surface area contributed by atoms with E-state index < -0.39 is 27.1 Å². The summed E-state index contributed by atoms with van der Waals surface area (Å²) in [7, 11) is -2.29. The van der Waals surface area contributed by atoms with Crippen LogP contribution in [0.3, 0.4) is 0 Å². The van der Waals surface area contributed by atoms with Gasteiger partial charge in [0.15, 0.2) is 11.5 Å². The van der Waals surface area contributed by atoms with E-state index in [1.54, 1.807) is 36.4 Å². The lowest BCUT2D eigenvalue weighted by molar-refractivity contribution is -0.112. The zero-order chi connectivity index (χ0) is 28.5. The van der Waals surface area contributed by atoms with Gasteiger partial charge in [-0.3, -0.25) is 14.3 Å². The van der Waals surface area contributed by atoms with Crippen LogP contribution in [0.15, 0.2) is 59.1 Å². The first-order chi connectivity index (χ1) is 18.3. The number of sulfonamides is 1. The molecule has 4 aromatic rings. The maximum atomic E-state index is 13.5. The van der Waals surface area contributed by atoms with Crippen LogP contribution in [0.2, 0.25) is 0 Å².